The summed E-state index contributed by atoms with van der Waals surface area (Å²) in [4.78, 5) is 0. The standard InChI is InChI=1S/C10H20F2N2/c1-7-9(5-4-6-13-7)14-8(2)10(3,11)12/h7-9,13-14H,4-6H2,1-3H3. The van der Waals surface area contributed by atoms with Crippen LogP contribution in [0.15, 0.2) is 0 Å². The molecule has 3 unspecified atom stereocenters. The van der Waals surface area contributed by atoms with E-state index in [9.17, 15) is 8.78 Å². The highest BCUT2D eigenvalue weighted by atomic mass is 19.3. The fraction of sp³-hybridized carbons (Fsp3) is 1.00. The Hall–Kier alpha value is -0.220. The number of halogens is 2. The minimum Gasteiger partial charge on any atom is -0.313 e. The summed E-state index contributed by atoms with van der Waals surface area (Å²) in [5.74, 6) is -2.64. The van der Waals surface area contributed by atoms with Crippen LogP contribution in [-0.2, 0) is 0 Å². The van der Waals surface area contributed by atoms with E-state index >= 15 is 0 Å². The molecule has 0 aromatic heterocycles. The molecule has 1 aliphatic heterocycles. The van der Waals surface area contributed by atoms with Crippen molar-refractivity contribution in [1.29, 1.82) is 0 Å². The molecule has 0 amide bonds. The predicted octanol–water partition coefficient (Wildman–Crippen LogP) is 1.76. The second-order valence-corrected chi connectivity index (χ2v) is 4.34. The molecule has 3 atom stereocenters. The molecule has 0 aliphatic carbocycles. The first-order valence-corrected chi connectivity index (χ1v) is 5.28. The van der Waals surface area contributed by atoms with Crippen LogP contribution < -0.4 is 10.6 Å². The summed E-state index contributed by atoms with van der Waals surface area (Å²) in [6.45, 7) is 5.54. The lowest BCUT2D eigenvalue weighted by molar-refractivity contribution is -0.0181. The van der Waals surface area contributed by atoms with Crippen molar-refractivity contribution in [1.82, 2.24) is 10.6 Å². The van der Waals surface area contributed by atoms with Gasteiger partial charge in [-0.1, -0.05) is 0 Å². The van der Waals surface area contributed by atoms with E-state index in [-0.39, 0.29) is 12.1 Å². The Kier molecular flexibility index (Phi) is 3.84. The van der Waals surface area contributed by atoms with Crippen molar-refractivity contribution in [3.8, 4) is 0 Å². The van der Waals surface area contributed by atoms with Gasteiger partial charge in [0.2, 0.25) is 0 Å². The average Bonchev–Trinajstić information content (AvgIpc) is 2.07. The van der Waals surface area contributed by atoms with Crippen LogP contribution in [-0.4, -0.2) is 30.6 Å². The molecule has 2 N–H and O–H groups in total. The Morgan fingerprint density at radius 1 is 1.50 bits per heavy atom. The zero-order valence-electron chi connectivity index (χ0n) is 9.11. The maximum atomic E-state index is 12.9. The fourth-order valence-corrected chi connectivity index (χ4v) is 1.74. The van der Waals surface area contributed by atoms with Crippen LogP contribution in [0.4, 0.5) is 8.78 Å². The highest BCUT2D eigenvalue weighted by molar-refractivity contribution is 4.87. The van der Waals surface area contributed by atoms with E-state index in [4.69, 9.17) is 0 Å². The van der Waals surface area contributed by atoms with Crippen LogP contribution in [0.25, 0.3) is 0 Å². The second kappa shape index (κ2) is 4.53. The predicted molar refractivity (Wildman–Crippen MR) is 53.7 cm³/mol. The first-order chi connectivity index (χ1) is 6.41. The monoisotopic (exact) mass is 206 g/mol. The number of nitrogens with one attached hydrogen (secondary N) is 2. The van der Waals surface area contributed by atoms with Gasteiger partial charge in [-0.3, -0.25) is 0 Å². The molecular weight excluding hydrogens is 186 g/mol. The van der Waals surface area contributed by atoms with Gasteiger partial charge < -0.3 is 10.6 Å². The molecule has 1 heterocycles. The Morgan fingerprint density at radius 2 is 2.14 bits per heavy atom. The lowest BCUT2D eigenvalue weighted by Crippen LogP contribution is -2.55. The molecule has 0 aromatic rings. The van der Waals surface area contributed by atoms with Gasteiger partial charge in [0, 0.05) is 19.0 Å². The highest BCUT2D eigenvalue weighted by Gasteiger charge is 2.33. The third-order valence-corrected chi connectivity index (χ3v) is 2.99. The topological polar surface area (TPSA) is 24.1 Å². The van der Waals surface area contributed by atoms with Crippen molar-refractivity contribution in [3.63, 3.8) is 0 Å². The highest BCUT2D eigenvalue weighted by Crippen LogP contribution is 2.19. The van der Waals surface area contributed by atoms with Gasteiger partial charge in [-0.25, -0.2) is 8.78 Å². The van der Waals surface area contributed by atoms with Gasteiger partial charge in [0.1, 0.15) is 0 Å². The Labute approximate surface area is 84.4 Å². The van der Waals surface area contributed by atoms with Gasteiger partial charge in [0.05, 0.1) is 6.04 Å². The maximum Gasteiger partial charge on any atom is 0.260 e. The number of rotatable bonds is 3. The minimum atomic E-state index is -2.64. The first kappa shape index (κ1) is 11.9. The summed E-state index contributed by atoms with van der Waals surface area (Å²) in [7, 11) is 0. The number of piperidine rings is 1. The van der Waals surface area contributed by atoms with Crippen LogP contribution in [0.1, 0.15) is 33.6 Å². The number of hydrogen-bond donors (Lipinski definition) is 2. The van der Waals surface area contributed by atoms with Crippen LogP contribution in [0.5, 0.6) is 0 Å². The molecule has 0 aromatic carbocycles. The summed E-state index contributed by atoms with van der Waals surface area (Å²) in [6.07, 6.45) is 2.04. The normalized spacial score (nSPS) is 31.5. The molecule has 14 heavy (non-hydrogen) atoms. The minimum absolute atomic E-state index is 0.171. The van der Waals surface area contributed by atoms with E-state index in [1.807, 2.05) is 6.92 Å². The van der Waals surface area contributed by atoms with Gasteiger partial charge in [0.25, 0.3) is 5.92 Å². The Morgan fingerprint density at radius 3 is 2.64 bits per heavy atom. The van der Waals surface area contributed by atoms with E-state index in [1.165, 1.54) is 0 Å². The summed E-state index contributed by atoms with van der Waals surface area (Å²) in [6, 6.07) is -0.298. The van der Waals surface area contributed by atoms with Crippen molar-refractivity contribution in [2.45, 2.75) is 57.7 Å². The third-order valence-electron chi connectivity index (χ3n) is 2.99. The van der Waals surface area contributed by atoms with E-state index in [0.29, 0.717) is 0 Å². The number of alkyl halides is 2. The zero-order chi connectivity index (χ0) is 10.8. The van der Waals surface area contributed by atoms with Crippen molar-refractivity contribution in [3.05, 3.63) is 0 Å². The van der Waals surface area contributed by atoms with Gasteiger partial charge >= 0.3 is 0 Å². The van der Waals surface area contributed by atoms with Gasteiger partial charge in [-0.05, 0) is 33.2 Å². The van der Waals surface area contributed by atoms with Crippen molar-refractivity contribution in [2.75, 3.05) is 6.54 Å². The SMILES string of the molecule is CC1NCCCC1NC(C)C(C)(F)F. The summed E-state index contributed by atoms with van der Waals surface area (Å²) < 4.78 is 25.8. The molecule has 0 spiro atoms. The molecule has 84 valence electrons. The van der Waals surface area contributed by atoms with E-state index in [1.54, 1.807) is 6.92 Å². The largest absolute Gasteiger partial charge is 0.313 e. The van der Waals surface area contributed by atoms with Gasteiger partial charge in [0.15, 0.2) is 0 Å². The van der Waals surface area contributed by atoms with E-state index in [0.717, 1.165) is 26.3 Å². The maximum absolute atomic E-state index is 12.9. The fourth-order valence-electron chi connectivity index (χ4n) is 1.74. The second-order valence-electron chi connectivity index (χ2n) is 4.34. The molecule has 4 heteroatoms. The molecule has 1 aliphatic rings. The Bertz CT molecular complexity index is 179. The van der Waals surface area contributed by atoms with Crippen LogP contribution in [0, 0.1) is 0 Å². The molecule has 2 nitrogen and oxygen atoms in total. The van der Waals surface area contributed by atoms with Crippen LogP contribution in [0.2, 0.25) is 0 Å². The molecule has 1 saturated heterocycles. The lowest BCUT2D eigenvalue weighted by atomic mass is 9.98. The van der Waals surface area contributed by atoms with Crippen molar-refractivity contribution in [2.24, 2.45) is 0 Å². The Balaban J connectivity index is 2.42. The number of hydrogen-bond acceptors (Lipinski definition) is 2. The smallest absolute Gasteiger partial charge is 0.260 e. The zero-order valence-corrected chi connectivity index (χ0v) is 9.11. The third kappa shape index (κ3) is 3.17. The van der Waals surface area contributed by atoms with Crippen LogP contribution >= 0.6 is 0 Å². The molecule has 1 rings (SSSR count). The molecular formula is C10H20F2N2. The molecule has 0 radical (unpaired) electrons. The molecule has 0 bridgehead atoms. The summed E-state index contributed by atoms with van der Waals surface area (Å²) in [5.41, 5.74) is 0. The summed E-state index contributed by atoms with van der Waals surface area (Å²) in [5, 5.41) is 6.28. The average molecular weight is 206 g/mol. The van der Waals surface area contributed by atoms with Crippen molar-refractivity contribution >= 4 is 0 Å². The van der Waals surface area contributed by atoms with Gasteiger partial charge in [-0.15, -0.1) is 0 Å². The molecule has 1 fully saturated rings. The van der Waals surface area contributed by atoms with Gasteiger partial charge in [-0.2, -0.15) is 0 Å². The van der Waals surface area contributed by atoms with Crippen molar-refractivity contribution < 1.29 is 8.78 Å². The molecule has 0 saturated carbocycles. The van der Waals surface area contributed by atoms with Crippen LogP contribution in [0.3, 0.4) is 0 Å². The quantitative estimate of drug-likeness (QED) is 0.735. The van der Waals surface area contributed by atoms with E-state index < -0.39 is 12.0 Å². The summed E-state index contributed by atoms with van der Waals surface area (Å²) >= 11 is 0. The van der Waals surface area contributed by atoms with E-state index in [2.05, 4.69) is 10.6 Å². The first-order valence-electron chi connectivity index (χ1n) is 5.28. The lowest BCUT2D eigenvalue weighted by Gasteiger charge is -2.34.